The Morgan fingerprint density at radius 1 is 1.05 bits per heavy atom. The standard InChI is InChI=1S/C30H34O7/c1-19(2)23-15-14-20(3)30(34,17-23)24-16-25(36-29(24)33)26(37-28(32)22-12-8-5-9-13-22)18-35-27(31)21-10-6-4-7-11-21/h4-13,20,23-26,34H,1,14-18H2,2-3H3/t20-,23-,24-,25+,26+,30+/m1/s1. The van der Waals surface area contributed by atoms with Gasteiger partial charge >= 0.3 is 17.9 Å². The number of benzene rings is 2. The zero-order valence-electron chi connectivity index (χ0n) is 21.3. The second kappa shape index (κ2) is 11.3. The van der Waals surface area contributed by atoms with Crippen LogP contribution in [0.1, 0.15) is 60.2 Å². The molecule has 37 heavy (non-hydrogen) atoms. The summed E-state index contributed by atoms with van der Waals surface area (Å²) in [4.78, 5) is 38.5. The summed E-state index contributed by atoms with van der Waals surface area (Å²) in [5.41, 5.74) is 0.401. The van der Waals surface area contributed by atoms with Crippen LogP contribution in [0.3, 0.4) is 0 Å². The molecule has 0 spiro atoms. The van der Waals surface area contributed by atoms with Gasteiger partial charge < -0.3 is 19.3 Å². The number of esters is 3. The number of carbonyl (C=O) groups excluding carboxylic acids is 3. The van der Waals surface area contributed by atoms with Crippen molar-refractivity contribution in [2.45, 2.75) is 57.3 Å². The molecule has 196 valence electrons. The van der Waals surface area contributed by atoms with E-state index in [1.807, 2.05) is 13.8 Å². The Bertz CT molecular complexity index is 1130. The second-order valence-electron chi connectivity index (χ2n) is 10.3. The van der Waals surface area contributed by atoms with Crippen LogP contribution in [0.15, 0.2) is 72.8 Å². The second-order valence-corrected chi connectivity index (χ2v) is 10.3. The number of ether oxygens (including phenoxy) is 3. The molecule has 7 nitrogen and oxygen atoms in total. The molecule has 2 aromatic carbocycles. The topological polar surface area (TPSA) is 99.1 Å². The molecule has 0 aromatic heterocycles. The van der Waals surface area contributed by atoms with Crippen LogP contribution in [0.2, 0.25) is 0 Å². The molecule has 1 heterocycles. The summed E-state index contributed by atoms with van der Waals surface area (Å²) >= 11 is 0. The molecule has 2 fully saturated rings. The molecule has 7 heteroatoms. The fraction of sp³-hybridized carbons (Fsp3) is 0.433. The van der Waals surface area contributed by atoms with E-state index in [1.54, 1.807) is 60.7 Å². The van der Waals surface area contributed by atoms with Crippen LogP contribution in [0.4, 0.5) is 0 Å². The molecule has 2 aromatic rings. The molecule has 1 aliphatic carbocycles. The van der Waals surface area contributed by atoms with Gasteiger partial charge in [-0.1, -0.05) is 55.5 Å². The minimum Gasteiger partial charge on any atom is -0.458 e. The van der Waals surface area contributed by atoms with Crippen molar-refractivity contribution in [1.82, 2.24) is 0 Å². The molecular formula is C30H34O7. The number of hydrogen-bond donors (Lipinski definition) is 1. The van der Waals surface area contributed by atoms with E-state index in [1.165, 1.54) is 0 Å². The van der Waals surface area contributed by atoms with Crippen molar-refractivity contribution in [3.63, 3.8) is 0 Å². The summed E-state index contributed by atoms with van der Waals surface area (Å²) in [6.07, 6.45) is 0.357. The fourth-order valence-electron chi connectivity index (χ4n) is 5.36. The summed E-state index contributed by atoms with van der Waals surface area (Å²) in [6.45, 7) is 7.65. The molecule has 0 bridgehead atoms. The summed E-state index contributed by atoms with van der Waals surface area (Å²) in [5.74, 6) is -2.50. The lowest BCUT2D eigenvalue weighted by molar-refractivity contribution is -0.160. The lowest BCUT2D eigenvalue weighted by atomic mass is 9.64. The van der Waals surface area contributed by atoms with Gasteiger partial charge in [0.05, 0.1) is 22.6 Å². The van der Waals surface area contributed by atoms with Crippen LogP contribution in [0.25, 0.3) is 0 Å². The van der Waals surface area contributed by atoms with Crippen LogP contribution in [-0.4, -0.2) is 47.4 Å². The van der Waals surface area contributed by atoms with Crippen LogP contribution in [0.5, 0.6) is 0 Å². The van der Waals surface area contributed by atoms with Gasteiger partial charge in [-0.2, -0.15) is 0 Å². The average Bonchev–Trinajstić information content (AvgIpc) is 3.30. The van der Waals surface area contributed by atoms with Gasteiger partial charge in [-0.15, -0.1) is 0 Å². The summed E-state index contributed by atoms with van der Waals surface area (Å²) in [6, 6.07) is 16.9. The number of carbonyl (C=O) groups is 3. The zero-order chi connectivity index (χ0) is 26.6. The normalized spacial score (nSPS) is 28.1. The Morgan fingerprint density at radius 2 is 1.65 bits per heavy atom. The Kier molecular flexibility index (Phi) is 8.13. The van der Waals surface area contributed by atoms with Gasteiger partial charge in [0.25, 0.3) is 0 Å². The first-order valence-corrected chi connectivity index (χ1v) is 12.8. The van der Waals surface area contributed by atoms with Crippen LogP contribution in [-0.2, 0) is 19.0 Å². The fourth-order valence-corrected chi connectivity index (χ4v) is 5.36. The van der Waals surface area contributed by atoms with Gasteiger partial charge in [0.1, 0.15) is 12.7 Å². The summed E-state index contributed by atoms with van der Waals surface area (Å²) in [7, 11) is 0. The number of cyclic esters (lactones) is 1. The van der Waals surface area contributed by atoms with E-state index in [0.717, 1.165) is 18.4 Å². The third-order valence-corrected chi connectivity index (χ3v) is 7.77. The highest BCUT2D eigenvalue weighted by atomic mass is 16.6. The van der Waals surface area contributed by atoms with E-state index >= 15 is 0 Å². The number of rotatable bonds is 8. The first-order chi connectivity index (χ1) is 17.7. The molecule has 1 saturated carbocycles. The van der Waals surface area contributed by atoms with E-state index in [9.17, 15) is 19.5 Å². The summed E-state index contributed by atoms with van der Waals surface area (Å²) < 4.78 is 16.9. The summed E-state index contributed by atoms with van der Waals surface area (Å²) in [5, 5.41) is 11.7. The molecule has 0 radical (unpaired) electrons. The van der Waals surface area contributed by atoms with E-state index < -0.39 is 41.6 Å². The molecule has 1 aliphatic heterocycles. The molecule has 6 atom stereocenters. The number of aliphatic hydroxyl groups is 1. The number of hydrogen-bond acceptors (Lipinski definition) is 7. The van der Waals surface area contributed by atoms with Gasteiger partial charge in [0.2, 0.25) is 0 Å². The molecule has 1 saturated heterocycles. The van der Waals surface area contributed by atoms with E-state index in [4.69, 9.17) is 14.2 Å². The first kappa shape index (κ1) is 26.6. The molecular weight excluding hydrogens is 472 g/mol. The lowest BCUT2D eigenvalue weighted by Crippen LogP contribution is -2.50. The van der Waals surface area contributed by atoms with E-state index in [-0.39, 0.29) is 24.9 Å². The van der Waals surface area contributed by atoms with Crippen molar-refractivity contribution >= 4 is 17.9 Å². The van der Waals surface area contributed by atoms with Crippen molar-refractivity contribution in [3.05, 3.63) is 83.9 Å². The largest absolute Gasteiger partial charge is 0.458 e. The Labute approximate surface area is 217 Å². The van der Waals surface area contributed by atoms with Crippen LogP contribution >= 0.6 is 0 Å². The van der Waals surface area contributed by atoms with Crippen LogP contribution in [0, 0.1) is 17.8 Å². The third kappa shape index (κ3) is 5.93. The number of allylic oxidation sites excluding steroid dienone is 1. The van der Waals surface area contributed by atoms with Gasteiger partial charge in [0.15, 0.2) is 6.10 Å². The smallest absolute Gasteiger partial charge is 0.338 e. The van der Waals surface area contributed by atoms with Crippen molar-refractivity contribution in [2.75, 3.05) is 6.61 Å². The molecule has 0 amide bonds. The van der Waals surface area contributed by atoms with Gasteiger partial charge in [-0.3, -0.25) is 4.79 Å². The quantitative estimate of drug-likeness (QED) is 0.314. The van der Waals surface area contributed by atoms with Crippen LogP contribution < -0.4 is 0 Å². The third-order valence-electron chi connectivity index (χ3n) is 7.77. The maximum absolute atomic E-state index is 13.1. The monoisotopic (exact) mass is 506 g/mol. The highest BCUT2D eigenvalue weighted by molar-refractivity contribution is 5.90. The maximum Gasteiger partial charge on any atom is 0.338 e. The zero-order valence-corrected chi connectivity index (χ0v) is 21.3. The van der Waals surface area contributed by atoms with Crippen molar-refractivity contribution < 1.29 is 33.7 Å². The van der Waals surface area contributed by atoms with E-state index in [0.29, 0.717) is 17.5 Å². The first-order valence-electron chi connectivity index (χ1n) is 12.8. The highest BCUT2D eigenvalue weighted by Crippen LogP contribution is 2.47. The Hall–Kier alpha value is -3.45. The minimum absolute atomic E-state index is 0.111. The van der Waals surface area contributed by atoms with Crippen molar-refractivity contribution in [1.29, 1.82) is 0 Å². The molecule has 1 N–H and O–H groups in total. The predicted octanol–water partition coefficient (Wildman–Crippen LogP) is 4.74. The average molecular weight is 507 g/mol. The van der Waals surface area contributed by atoms with Gasteiger partial charge in [0, 0.05) is 6.42 Å². The predicted molar refractivity (Wildman–Crippen MR) is 137 cm³/mol. The lowest BCUT2D eigenvalue weighted by Gasteiger charge is -2.44. The Morgan fingerprint density at radius 3 is 2.24 bits per heavy atom. The highest BCUT2D eigenvalue weighted by Gasteiger charge is 2.55. The van der Waals surface area contributed by atoms with Crippen molar-refractivity contribution in [3.8, 4) is 0 Å². The molecule has 4 rings (SSSR count). The van der Waals surface area contributed by atoms with Gasteiger partial charge in [-0.25, -0.2) is 9.59 Å². The molecule has 0 unspecified atom stereocenters. The Balaban J connectivity index is 1.52. The minimum atomic E-state index is -1.26. The molecule has 2 aliphatic rings. The van der Waals surface area contributed by atoms with Crippen molar-refractivity contribution in [2.24, 2.45) is 17.8 Å². The van der Waals surface area contributed by atoms with E-state index in [2.05, 4.69) is 6.58 Å². The van der Waals surface area contributed by atoms with Gasteiger partial charge in [-0.05, 0) is 62.3 Å². The maximum atomic E-state index is 13.1. The SMILES string of the molecule is C=C(C)[C@@H]1CC[C@@H](C)[C@](O)([C@@H]2C[C@@H]([C@H](COC(=O)c3ccccc3)OC(=O)c3ccccc3)OC2=O)C1.